The standard InChI is InChI=1S/C31H61BO3Si4/c1-17-29(7,38(14,15)35-31(9,26-32)36(10,11)19-3)28(5,6)33-39(16,27-24-22-21-23-25-27)30(8,18-2)34-37(12,13)20-4/h19-25H,3-4,17-18,26,32H2,1-2,5-16H3. The summed E-state index contributed by atoms with van der Waals surface area (Å²) in [6, 6.07) is 10.9. The van der Waals surface area contributed by atoms with Gasteiger partial charge in [-0.25, -0.2) is 0 Å². The summed E-state index contributed by atoms with van der Waals surface area (Å²) in [6.07, 6.45) is 2.83. The summed E-state index contributed by atoms with van der Waals surface area (Å²) in [7, 11) is -6.77. The van der Waals surface area contributed by atoms with E-state index in [0.29, 0.717) is 0 Å². The molecule has 0 N–H and O–H groups in total. The molecule has 0 aliphatic rings. The molecule has 1 rings (SSSR count). The molecule has 3 nitrogen and oxygen atoms in total. The Morgan fingerprint density at radius 3 is 1.64 bits per heavy atom. The predicted molar refractivity (Wildman–Crippen MR) is 187 cm³/mol. The van der Waals surface area contributed by atoms with Crippen molar-refractivity contribution >= 4 is 46.1 Å². The second-order valence-electron chi connectivity index (χ2n) is 14.3. The topological polar surface area (TPSA) is 27.7 Å². The Balaban J connectivity index is 3.81. The fourth-order valence-electron chi connectivity index (χ4n) is 6.11. The first-order chi connectivity index (χ1) is 17.5. The zero-order chi connectivity index (χ0) is 30.8. The summed E-state index contributed by atoms with van der Waals surface area (Å²) >= 11 is 0. The van der Waals surface area contributed by atoms with Gasteiger partial charge in [-0.05, 0) is 78.5 Å². The second-order valence-corrected chi connectivity index (χ2v) is 31.3. The fourth-order valence-corrected chi connectivity index (χ4v) is 19.9. The van der Waals surface area contributed by atoms with Crippen molar-refractivity contribution in [1.82, 2.24) is 0 Å². The van der Waals surface area contributed by atoms with Crippen LogP contribution < -0.4 is 5.19 Å². The van der Waals surface area contributed by atoms with Crippen molar-refractivity contribution in [1.29, 1.82) is 0 Å². The first-order valence-corrected chi connectivity index (χ1v) is 26.3. The van der Waals surface area contributed by atoms with Crippen LogP contribution >= 0.6 is 0 Å². The maximum Gasteiger partial charge on any atom is 0.251 e. The van der Waals surface area contributed by atoms with Crippen LogP contribution in [0.2, 0.25) is 57.2 Å². The number of hydrogen-bond acceptors (Lipinski definition) is 3. The van der Waals surface area contributed by atoms with Crippen LogP contribution in [0.5, 0.6) is 0 Å². The van der Waals surface area contributed by atoms with E-state index in [9.17, 15) is 0 Å². The lowest BCUT2D eigenvalue weighted by Crippen LogP contribution is -2.72. The molecule has 0 saturated heterocycles. The van der Waals surface area contributed by atoms with Crippen LogP contribution in [0.25, 0.3) is 0 Å². The van der Waals surface area contributed by atoms with Crippen LogP contribution in [0, 0.1) is 0 Å². The molecule has 1 aromatic rings. The molecule has 222 valence electrons. The van der Waals surface area contributed by atoms with Crippen molar-refractivity contribution < 1.29 is 13.3 Å². The number of rotatable bonds is 16. The second kappa shape index (κ2) is 12.4. The predicted octanol–water partition coefficient (Wildman–Crippen LogP) is 8.09. The van der Waals surface area contributed by atoms with Gasteiger partial charge in [0.15, 0.2) is 8.32 Å². The first-order valence-electron chi connectivity index (χ1n) is 15.0. The van der Waals surface area contributed by atoms with Crippen molar-refractivity contribution in [2.45, 2.75) is 135 Å². The lowest BCUT2D eigenvalue weighted by Gasteiger charge is -2.59. The quantitative estimate of drug-likeness (QED) is 0.179. The molecular weight excluding hydrogens is 543 g/mol. The van der Waals surface area contributed by atoms with Crippen molar-refractivity contribution in [3.63, 3.8) is 0 Å². The highest BCUT2D eigenvalue weighted by Crippen LogP contribution is 2.55. The molecule has 0 saturated carbocycles. The Labute approximate surface area is 248 Å². The molecule has 0 amide bonds. The van der Waals surface area contributed by atoms with E-state index in [-0.39, 0.29) is 10.3 Å². The van der Waals surface area contributed by atoms with Gasteiger partial charge in [-0.2, -0.15) is 0 Å². The first kappa shape index (κ1) is 36.5. The van der Waals surface area contributed by atoms with Crippen LogP contribution in [-0.2, 0) is 13.3 Å². The van der Waals surface area contributed by atoms with Crippen molar-refractivity contribution in [3.05, 3.63) is 54.9 Å². The normalized spacial score (nSPS) is 19.7. The van der Waals surface area contributed by atoms with E-state index in [4.69, 9.17) is 13.3 Å². The Kier molecular flexibility index (Phi) is 11.6. The van der Waals surface area contributed by atoms with Crippen molar-refractivity contribution in [3.8, 4) is 0 Å². The van der Waals surface area contributed by atoms with Crippen LogP contribution in [0.3, 0.4) is 0 Å². The van der Waals surface area contributed by atoms with E-state index < -0.39 is 43.9 Å². The molecule has 0 aliphatic heterocycles. The van der Waals surface area contributed by atoms with Crippen LogP contribution in [0.1, 0.15) is 61.3 Å². The highest BCUT2D eigenvalue weighted by Gasteiger charge is 2.62. The molecule has 39 heavy (non-hydrogen) atoms. The lowest BCUT2D eigenvalue weighted by molar-refractivity contribution is 0.00825. The zero-order valence-electron chi connectivity index (χ0n) is 28.3. The molecule has 0 aliphatic carbocycles. The van der Waals surface area contributed by atoms with Crippen LogP contribution in [0.15, 0.2) is 54.9 Å². The molecule has 1 aromatic carbocycles. The Morgan fingerprint density at radius 1 is 0.744 bits per heavy atom. The van der Waals surface area contributed by atoms with E-state index >= 15 is 0 Å². The minimum Gasteiger partial charge on any atom is -0.415 e. The van der Waals surface area contributed by atoms with Gasteiger partial charge in [0.1, 0.15) is 15.9 Å². The van der Waals surface area contributed by atoms with Crippen LogP contribution in [-0.4, -0.2) is 56.9 Å². The Hall–Kier alpha value is -0.488. The van der Waals surface area contributed by atoms with Crippen LogP contribution in [0.4, 0.5) is 0 Å². The molecule has 0 radical (unpaired) electrons. The Bertz CT molecular complexity index is 983. The SMILES string of the molecule is BCC(C)(O[Si](C)(C)C(C)(CC)C(C)(C)O[Si](C)(c1ccccc1)C(C)(CC)O[Si](C)(C)C=C)[Si](C)(C)C=C. The minimum atomic E-state index is -2.73. The molecule has 0 fully saturated rings. The molecule has 0 bridgehead atoms. The van der Waals surface area contributed by atoms with E-state index in [1.165, 1.54) is 5.19 Å². The van der Waals surface area contributed by atoms with E-state index in [2.05, 4.69) is 151 Å². The monoisotopic (exact) mass is 604 g/mol. The largest absolute Gasteiger partial charge is 0.415 e. The average Bonchev–Trinajstić information content (AvgIpc) is 2.87. The van der Waals surface area contributed by atoms with Crippen molar-refractivity contribution in [2.75, 3.05) is 0 Å². The highest BCUT2D eigenvalue weighted by molar-refractivity contribution is 6.89. The smallest absolute Gasteiger partial charge is 0.251 e. The number of benzene rings is 1. The summed E-state index contributed by atoms with van der Waals surface area (Å²) < 4.78 is 22.2. The van der Waals surface area contributed by atoms with Gasteiger partial charge in [-0.15, -0.1) is 13.2 Å². The third-order valence-corrected chi connectivity index (χ3v) is 26.8. The average molecular weight is 605 g/mol. The van der Waals surface area contributed by atoms with Gasteiger partial charge in [0.2, 0.25) is 8.32 Å². The molecule has 4 unspecified atom stereocenters. The van der Waals surface area contributed by atoms with E-state index in [1.807, 2.05) is 5.70 Å². The maximum absolute atomic E-state index is 7.71. The van der Waals surface area contributed by atoms with Gasteiger partial charge in [-0.3, -0.25) is 0 Å². The number of hydrogen-bond donors (Lipinski definition) is 0. The van der Waals surface area contributed by atoms with E-state index in [0.717, 1.165) is 19.2 Å². The van der Waals surface area contributed by atoms with Gasteiger partial charge in [0, 0.05) is 10.3 Å². The van der Waals surface area contributed by atoms with Gasteiger partial charge < -0.3 is 13.3 Å². The summed E-state index contributed by atoms with van der Waals surface area (Å²) in [5, 5.41) is 0.503. The molecule has 0 heterocycles. The fraction of sp³-hybridized carbons (Fsp3) is 0.677. The highest BCUT2D eigenvalue weighted by atomic mass is 28.4. The third kappa shape index (κ3) is 6.95. The maximum atomic E-state index is 7.71. The van der Waals surface area contributed by atoms with Gasteiger partial charge in [-0.1, -0.05) is 81.9 Å². The van der Waals surface area contributed by atoms with Gasteiger partial charge in [0.25, 0.3) is 8.32 Å². The summed E-state index contributed by atoms with van der Waals surface area (Å²) in [5.41, 5.74) is 3.78. The molecule has 0 aromatic heterocycles. The minimum absolute atomic E-state index is 0.162. The zero-order valence-corrected chi connectivity index (χ0v) is 32.3. The molecule has 4 atom stereocenters. The third-order valence-electron chi connectivity index (χ3n) is 10.8. The summed E-state index contributed by atoms with van der Waals surface area (Å²) in [6.45, 7) is 41.0. The lowest BCUT2D eigenvalue weighted by atomic mass is 9.89. The van der Waals surface area contributed by atoms with Gasteiger partial charge >= 0.3 is 0 Å². The Morgan fingerprint density at radius 2 is 1.26 bits per heavy atom. The summed E-state index contributed by atoms with van der Waals surface area (Å²) in [4.78, 5) is 0. The summed E-state index contributed by atoms with van der Waals surface area (Å²) in [5.74, 6) is 0. The van der Waals surface area contributed by atoms with E-state index in [1.54, 1.807) is 0 Å². The molecular formula is C31H61BO3Si4. The molecule has 8 heteroatoms. The molecule has 0 spiro atoms. The van der Waals surface area contributed by atoms with Crippen molar-refractivity contribution in [2.24, 2.45) is 0 Å². The van der Waals surface area contributed by atoms with Gasteiger partial charge in [0.05, 0.1) is 10.8 Å².